The first-order chi connectivity index (χ1) is 9.10. The molecule has 19 heavy (non-hydrogen) atoms. The molecule has 0 saturated carbocycles. The van der Waals surface area contributed by atoms with E-state index in [1.54, 1.807) is 4.57 Å². The Labute approximate surface area is 107 Å². The summed E-state index contributed by atoms with van der Waals surface area (Å²) in [6.07, 6.45) is 0.0288. The molecule has 1 aliphatic rings. The fourth-order valence-corrected chi connectivity index (χ4v) is 2.22. The van der Waals surface area contributed by atoms with Gasteiger partial charge >= 0.3 is 0 Å². The highest BCUT2D eigenvalue weighted by molar-refractivity contribution is 5.82. The van der Waals surface area contributed by atoms with E-state index in [2.05, 4.69) is 15.0 Å². The second kappa shape index (κ2) is 4.30. The van der Waals surface area contributed by atoms with Crippen molar-refractivity contribution in [1.82, 2.24) is 19.5 Å². The minimum Gasteiger partial charge on any atom is -0.394 e. The Morgan fingerprint density at radius 2 is 2.21 bits per heavy atom. The SMILES string of the molecule is Nc1nc(N)c2ncn([C@H]3C[C@H](O)[C@H](CO)O3)c2n1. The van der Waals surface area contributed by atoms with Gasteiger partial charge in [-0.2, -0.15) is 9.97 Å². The number of anilines is 2. The lowest BCUT2D eigenvalue weighted by Crippen LogP contribution is -2.24. The van der Waals surface area contributed by atoms with Crippen molar-refractivity contribution in [2.45, 2.75) is 24.9 Å². The Hall–Kier alpha value is -1.97. The molecule has 9 heteroatoms. The van der Waals surface area contributed by atoms with Crippen molar-refractivity contribution in [1.29, 1.82) is 0 Å². The van der Waals surface area contributed by atoms with Crippen molar-refractivity contribution in [3.05, 3.63) is 6.33 Å². The van der Waals surface area contributed by atoms with Gasteiger partial charge in [0, 0.05) is 6.42 Å². The average molecular weight is 266 g/mol. The van der Waals surface area contributed by atoms with Crippen molar-refractivity contribution in [3.8, 4) is 0 Å². The Morgan fingerprint density at radius 1 is 1.42 bits per heavy atom. The maximum atomic E-state index is 9.74. The van der Waals surface area contributed by atoms with E-state index < -0.39 is 18.4 Å². The van der Waals surface area contributed by atoms with Crippen LogP contribution in [0.5, 0.6) is 0 Å². The monoisotopic (exact) mass is 266 g/mol. The fraction of sp³-hybridized carbons (Fsp3) is 0.500. The van der Waals surface area contributed by atoms with Gasteiger partial charge in [0.05, 0.1) is 19.0 Å². The van der Waals surface area contributed by atoms with Gasteiger partial charge in [0.1, 0.15) is 17.8 Å². The molecular formula is C10H14N6O3. The van der Waals surface area contributed by atoms with E-state index in [1.165, 1.54) is 6.33 Å². The molecule has 0 bridgehead atoms. The Morgan fingerprint density at radius 3 is 2.89 bits per heavy atom. The third-order valence-electron chi connectivity index (χ3n) is 3.16. The van der Waals surface area contributed by atoms with Crippen LogP contribution in [0, 0.1) is 0 Å². The molecule has 1 fully saturated rings. The molecule has 6 N–H and O–H groups in total. The number of fused-ring (bicyclic) bond motifs is 1. The van der Waals surface area contributed by atoms with E-state index in [4.69, 9.17) is 21.3 Å². The summed E-state index contributed by atoms with van der Waals surface area (Å²) in [5.74, 6) is 0.238. The van der Waals surface area contributed by atoms with Gasteiger partial charge in [-0.15, -0.1) is 0 Å². The molecule has 0 amide bonds. The topological polar surface area (TPSA) is 145 Å². The van der Waals surface area contributed by atoms with Crippen LogP contribution in [0.2, 0.25) is 0 Å². The summed E-state index contributed by atoms with van der Waals surface area (Å²) in [6.45, 7) is -0.246. The zero-order valence-corrected chi connectivity index (χ0v) is 9.97. The van der Waals surface area contributed by atoms with Crippen LogP contribution in [0.15, 0.2) is 6.33 Å². The van der Waals surface area contributed by atoms with Gasteiger partial charge in [-0.05, 0) is 0 Å². The molecule has 3 atom stereocenters. The number of imidazole rings is 1. The van der Waals surface area contributed by atoms with E-state index in [0.29, 0.717) is 17.6 Å². The predicted octanol–water partition coefficient (Wildman–Crippen LogP) is -1.37. The number of aliphatic hydroxyl groups excluding tert-OH is 2. The zero-order valence-electron chi connectivity index (χ0n) is 9.97. The first kappa shape index (κ1) is 12.1. The summed E-state index contributed by atoms with van der Waals surface area (Å²) in [5, 5.41) is 18.8. The second-order valence-electron chi connectivity index (χ2n) is 4.41. The lowest BCUT2D eigenvalue weighted by Gasteiger charge is -2.13. The van der Waals surface area contributed by atoms with Crippen LogP contribution in [0.25, 0.3) is 11.2 Å². The molecule has 0 unspecified atom stereocenters. The maximum absolute atomic E-state index is 9.74. The molecule has 9 nitrogen and oxygen atoms in total. The molecule has 3 heterocycles. The van der Waals surface area contributed by atoms with Gasteiger partial charge in [-0.3, -0.25) is 4.57 Å². The quantitative estimate of drug-likeness (QED) is 0.521. The van der Waals surface area contributed by atoms with Crippen LogP contribution < -0.4 is 11.5 Å². The molecular weight excluding hydrogens is 252 g/mol. The van der Waals surface area contributed by atoms with Crippen LogP contribution >= 0.6 is 0 Å². The average Bonchev–Trinajstić information content (AvgIpc) is 2.92. The number of nitrogen functional groups attached to an aromatic ring is 2. The van der Waals surface area contributed by atoms with Crippen molar-refractivity contribution >= 4 is 22.9 Å². The Bertz CT molecular complexity index is 615. The number of rotatable bonds is 2. The van der Waals surface area contributed by atoms with Crippen molar-refractivity contribution in [2.24, 2.45) is 0 Å². The van der Waals surface area contributed by atoms with Gasteiger partial charge in [-0.25, -0.2) is 4.98 Å². The molecule has 0 aliphatic carbocycles. The fourth-order valence-electron chi connectivity index (χ4n) is 2.22. The summed E-state index contributed by atoms with van der Waals surface area (Å²) in [5.41, 5.74) is 12.1. The molecule has 1 saturated heterocycles. The third kappa shape index (κ3) is 1.87. The van der Waals surface area contributed by atoms with Crippen molar-refractivity contribution in [2.75, 3.05) is 18.1 Å². The minimum absolute atomic E-state index is 0.0454. The van der Waals surface area contributed by atoms with Crippen molar-refractivity contribution < 1.29 is 14.9 Å². The van der Waals surface area contributed by atoms with Crippen LogP contribution in [0.3, 0.4) is 0 Å². The van der Waals surface area contributed by atoms with Gasteiger partial charge in [0.15, 0.2) is 11.5 Å². The number of hydrogen-bond donors (Lipinski definition) is 4. The van der Waals surface area contributed by atoms with Gasteiger partial charge in [0.2, 0.25) is 5.95 Å². The highest BCUT2D eigenvalue weighted by Crippen LogP contribution is 2.31. The Balaban J connectivity index is 2.02. The number of hydrogen-bond acceptors (Lipinski definition) is 8. The number of nitrogens with two attached hydrogens (primary N) is 2. The van der Waals surface area contributed by atoms with E-state index in [0.717, 1.165) is 0 Å². The third-order valence-corrected chi connectivity index (χ3v) is 3.16. The summed E-state index contributed by atoms with van der Waals surface area (Å²) in [7, 11) is 0. The largest absolute Gasteiger partial charge is 0.394 e. The molecule has 0 radical (unpaired) electrons. The van der Waals surface area contributed by atoms with Crippen LogP contribution in [0.1, 0.15) is 12.6 Å². The number of aliphatic hydroxyl groups is 2. The summed E-state index contributed by atoms with van der Waals surface area (Å²) >= 11 is 0. The molecule has 2 aromatic heterocycles. The first-order valence-electron chi connectivity index (χ1n) is 5.80. The van der Waals surface area contributed by atoms with Crippen LogP contribution in [-0.2, 0) is 4.74 Å². The van der Waals surface area contributed by atoms with Crippen molar-refractivity contribution in [3.63, 3.8) is 0 Å². The van der Waals surface area contributed by atoms with Crippen LogP contribution in [0.4, 0.5) is 11.8 Å². The minimum atomic E-state index is -0.732. The predicted molar refractivity (Wildman–Crippen MR) is 65.8 cm³/mol. The molecule has 0 aromatic carbocycles. The highest BCUT2D eigenvalue weighted by atomic mass is 16.5. The molecule has 102 valence electrons. The smallest absolute Gasteiger partial charge is 0.224 e. The van der Waals surface area contributed by atoms with Crippen LogP contribution in [-0.4, -0.2) is 48.5 Å². The Kier molecular flexibility index (Phi) is 2.73. The number of nitrogens with zero attached hydrogens (tertiary/aromatic N) is 4. The van der Waals surface area contributed by atoms with E-state index in [9.17, 15) is 5.11 Å². The maximum Gasteiger partial charge on any atom is 0.224 e. The summed E-state index contributed by atoms with van der Waals surface area (Å²) in [6, 6.07) is 0. The summed E-state index contributed by atoms with van der Waals surface area (Å²) < 4.78 is 7.16. The number of ether oxygens (including phenoxy) is 1. The van der Waals surface area contributed by atoms with Gasteiger partial charge in [0.25, 0.3) is 0 Å². The lowest BCUT2D eigenvalue weighted by molar-refractivity contribution is -0.0432. The molecule has 3 rings (SSSR count). The normalized spacial score (nSPS) is 27.2. The first-order valence-corrected chi connectivity index (χ1v) is 5.80. The summed E-state index contributed by atoms with van der Waals surface area (Å²) in [4.78, 5) is 12.0. The lowest BCUT2D eigenvalue weighted by atomic mass is 10.2. The molecule has 0 spiro atoms. The number of aromatic nitrogens is 4. The highest BCUT2D eigenvalue weighted by Gasteiger charge is 2.35. The molecule has 2 aromatic rings. The zero-order chi connectivity index (χ0) is 13.6. The molecule has 1 aliphatic heterocycles. The van der Waals surface area contributed by atoms with E-state index in [-0.39, 0.29) is 18.4 Å². The van der Waals surface area contributed by atoms with E-state index >= 15 is 0 Å². The van der Waals surface area contributed by atoms with Gasteiger partial charge < -0.3 is 26.4 Å². The standard InChI is InChI=1S/C10H14N6O3/c11-8-7-9(15-10(12)14-8)16(3-13-7)6-1-4(18)5(2-17)19-6/h3-6,17-18H,1-2H2,(H4,11,12,14,15)/t4-,5-,6+/m0/s1. The second-order valence-corrected chi connectivity index (χ2v) is 4.41. The van der Waals surface area contributed by atoms with Gasteiger partial charge in [-0.1, -0.05) is 0 Å². The van der Waals surface area contributed by atoms with E-state index in [1.807, 2.05) is 0 Å².